The van der Waals surface area contributed by atoms with Crippen molar-refractivity contribution in [3.8, 4) is 23.0 Å². The van der Waals surface area contributed by atoms with Crippen molar-refractivity contribution in [1.29, 1.82) is 0 Å². The largest absolute Gasteiger partial charge is 0.493 e. The molecule has 14 heteroatoms. The van der Waals surface area contributed by atoms with Crippen LogP contribution in [0.15, 0.2) is 55.0 Å². The normalized spacial score (nSPS) is 17.8. The lowest BCUT2D eigenvalue weighted by Gasteiger charge is -2.29. The van der Waals surface area contributed by atoms with Crippen molar-refractivity contribution in [2.45, 2.75) is 45.1 Å². The molecule has 0 spiro atoms. The van der Waals surface area contributed by atoms with E-state index in [2.05, 4.69) is 45.7 Å². The first kappa shape index (κ1) is 35.3. The first-order valence-electron chi connectivity index (χ1n) is 18.2. The summed E-state index contributed by atoms with van der Waals surface area (Å²) in [4.78, 5) is 14.0. The van der Waals surface area contributed by atoms with Gasteiger partial charge in [0, 0.05) is 73.9 Å². The Morgan fingerprint density at radius 3 is 2.50 bits per heavy atom. The van der Waals surface area contributed by atoms with Crippen LogP contribution in [-0.4, -0.2) is 106 Å². The fourth-order valence-electron chi connectivity index (χ4n) is 7.53. The van der Waals surface area contributed by atoms with Gasteiger partial charge in [0.2, 0.25) is 0 Å². The monoisotopic (exact) mass is 710 g/mol. The Balaban J connectivity index is 0.846. The maximum absolute atomic E-state index is 6.24. The molecule has 3 N–H and O–H groups in total. The Morgan fingerprint density at radius 2 is 1.69 bits per heavy atom. The van der Waals surface area contributed by atoms with Gasteiger partial charge in [-0.3, -0.25) is 19.7 Å². The molecular weight excluding hydrogens is 660 g/mol. The number of H-pyrrole nitrogens is 1. The third kappa shape index (κ3) is 8.34. The number of benzene rings is 1. The van der Waals surface area contributed by atoms with Crippen molar-refractivity contribution in [2.75, 3.05) is 70.8 Å². The molecule has 2 atom stereocenters. The van der Waals surface area contributed by atoms with Crippen LogP contribution in [0.1, 0.15) is 37.8 Å². The number of pyridine rings is 2. The average molecular weight is 711 g/mol. The summed E-state index contributed by atoms with van der Waals surface area (Å²) in [6.45, 7) is 8.72. The van der Waals surface area contributed by atoms with Gasteiger partial charge in [-0.05, 0) is 76.2 Å². The van der Waals surface area contributed by atoms with E-state index >= 15 is 0 Å². The first-order chi connectivity index (χ1) is 25.5. The standard InChI is InChI=1S/C38H50N10O4/c1-26-20-37(44-43-26)41-28-9-10-32(49-3)33(21-28)51-19-7-16-48-15-5-8-30(48)27-12-17-47(25-27)14-6-18-52-34-22-36(40-24-35(34)50-4)42-38-29-11-13-39-23-31(29)46(2)45-38/h9-11,13,20-24,27,30H,5-8,12,14-19,25H2,1-4H3,(H,40,42,45)(H2,41,43,44). The molecule has 2 unspecified atom stereocenters. The third-order valence-electron chi connectivity index (χ3n) is 10.1. The highest BCUT2D eigenvalue weighted by Gasteiger charge is 2.35. The van der Waals surface area contributed by atoms with E-state index in [1.165, 1.54) is 25.8 Å². The van der Waals surface area contributed by atoms with Gasteiger partial charge in [0.05, 0.1) is 45.3 Å². The summed E-state index contributed by atoms with van der Waals surface area (Å²) in [6, 6.07) is 12.3. The van der Waals surface area contributed by atoms with Crippen LogP contribution in [0, 0.1) is 12.8 Å². The molecule has 14 nitrogen and oxygen atoms in total. The van der Waals surface area contributed by atoms with E-state index in [0.717, 1.165) is 84.4 Å². The van der Waals surface area contributed by atoms with Gasteiger partial charge < -0.3 is 34.5 Å². The lowest BCUT2D eigenvalue weighted by Crippen LogP contribution is -2.38. The Morgan fingerprint density at radius 1 is 0.865 bits per heavy atom. The highest BCUT2D eigenvalue weighted by Crippen LogP contribution is 2.34. The molecule has 2 aliphatic heterocycles. The number of aryl methyl sites for hydroxylation is 2. The first-order valence-corrected chi connectivity index (χ1v) is 18.2. The summed E-state index contributed by atoms with van der Waals surface area (Å²) in [5, 5.41) is 19.5. The Hall–Kier alpha value is -5.08. The smallest absolute Gasteiger partial charge is 0.179 e. The molecule has 0 bridgehead atoms. The number of likely N-dealkylation sites (tertiary alicyclic amines) is 2. The number of aromatic nitrogens is 6. The van der Waals surface area contributed by atoms with E-state index in [-0.39, 0.29) is 0 Å². The second-order valence-corrected chi connectivity index (χ2v) is 13.6. The molecule has 2 aliphatic rings. The number of methoxy groups -OCH3 is 2. The van der Waals surface area contributed by atoms with E-state index in [0.29, 0.717) is 42.5 Å². The quantitative estimate of drug-likeness (QED) is 0.0987. The molecule has 0 saturated carbocycles. The number of aromatic amines is 1. The van der Waals surface area contributed by atoms with Crippen molar-refractivity contribution < 1.29 is 18.9 Å². The summed E-state index contributed by atoms with van der Waals surface area (Å²) in [6.07, 6.45) is 10.9. The number of hydrogen-bond acceptors (Lipinski definition) is 12. The summed E-state index contributed by atoms with van der Waals surface area (Å²) >= 11 is 0. The fourth-order valence-corrected chi connectivity index (χ4v) is 7.53. The average Bonchev–Trinajstić information content (AvgIpc) is 3.97. The summed E-state index contributed by atoms with van der Waals surface area (Å²) in [5.74, 6) is 5.58. The van der Waals surface area contributed by atoms with Crippen LogP contribution in [0.2, 0.25) is 0 Å². The zero-order chi connectivity index (χ0) is 35.9. The Bertz CT molecular complexity index is 1930. The van der Waals surface area contributed by atoms with Crippen LogP contribution in [0.25, 0.3) is 10.9 Å². The van der Waals surface area contributed by atoms with Crippen molar-refractivity contribution >= 4 is 34.0 Å². The molecule has 0 radical (unpaired) electrons. The van der Waals surface area contributed by atoms with E-state index in [1.807, 2.05) is 50.4 Å². The lowest BCUT2D eigenvalue weighted by atomic mass is 9.96. The van der Waals surface area contributed by atoms with Gasteiger partial charge in [-0.25, -0.2) is 4.98 Å². The van der Waals surface area contributed by atoms with E-state index in [1.54, 1.807) is 37.5 Å². The van der Waals surface area contributed by atoms with Crippen LogP contribution in [0.3, 0.4) is 0 Å². The number of hydrogen-bond donors (Lipinski definition) is 3. The van der Waals surface area contributed by atoms with Crippen molar-refractivity contribution in [1.82, 2.24) is 39.7 Å². The molecule has 52 heavy (non-hydrogen) atoms. The summed E-state index contributed by atoms with van der Waals surface area (Å²) in [5.41, 5.74) is 2.86. The Kier molecular flexibility index (Phi) is 11.2. The highest BCUT2D eigenvalue weighted by molar-refractivity contribution is 5.91. The topological polar surface area (TPSA) is 140 Å². The molecule has 0 amide bonds. The zero-order valence-electron chi connectivity index (χ0n) is 30.6. The number of nitrogens with one attached hydrogen (secondary N) is 3. The summed E-state index contributed by atoms with van der Waals surface area (Å²) < 4.78 is 25.4. The number of ether oxygens (including phenoxy) is 4. The van der Waals surface area contributed by atoms with Gasteiger partial charge in [0.25, 0.3) is 0 Å². The van der Waals surface area contributed by atoms with E-state index in [4.69, 9.17) is 18.9 Å². The van der Waals surface area contributed by atoms with Crippen LogP contribution < -0.4 is 29.6 Å². The maximum atomic E-state index is 6.24. The highest BCUT2D eigenvalue weighted by atomic mass is 16.5. The van der Waals surface area contributed by atoms with E-state index in [9.17, 15) is 0 Å². The van der Waals surface area contributed by atoms with Gasteiger partial charge in [-0.15, -0.1) is 0 Å². The third-order valence-corrected chi connectivity index (χ3v) is 10.1. The predicted octanol–water partition coefficient (Wildman–Crippen LogP) is 5.92. The molecule has 276 valence electrons. The molecule has 6 heterocycles. The van der Waals surface area contributed by atoms with Crippen LogP contribution in [0.4, 0.5) is 23.1 Å². The van der Waals surface area contributed by atoms with Crippen molar-refractivity contribution in [3.63, 3.8) is 0 Å². The summed E-state index contributed by atoms with van der Waals surface area (Å²) in [7, 11) is 5.21. The molecule has 5 aromatic rings. The SMILES string of the molecule is COc1cnc(Nc2nn(C)c3cnccc23)cc1OCCCN1CCC(C2CCCN2CCCOc2cc(Nc3cc(C)[nH]n3)ccc2OC)C1. The van der Waals surface area contributed by atoms with Crippen molar-refractivity contribution in [3.05, 3.63) is 60.7 Å². The minimum Gasteiger partial charge on any atom is -0.493 e. The van der Waals surface area contributed by atoms with Crippen LogP contribution >= 0.6 is 0 Å². The molecule has 1 aromatic carbocycles. The van der Waals surface area contributed by atoms with Gasteiger partial charge in [-0.1, -0.05) is 0 Å². The minimum atomic E-state index is 0.598. The maximum Gasteiger partial charge on any atom is 0.179 e. The zero-order valence-corrected chi connectivity index (χ0v) is 30.6. The molecule has 0 aliphatic carbocycles. The number of nitrogens with zero attached hydrogens (tertiary/aromatic N) is 7. The fraction of sp³-hybridized carbons (Fsp3) is 0.474. The molecular formula is C38H50N10O4. The van der Waals surface area contributed by atoms with Gasteiger partial charge in [0.15, 0.2) is 34.6 Å². The lowest BCUT2D eigenvalue weighted by molar-refractivity contribution is 0.170. The van der Waals surface area contributed by atoms with Gasteiger partial charge in [0.1, 0.15) is 5.82 Å². The van der Waals surface area contributed by atoms with Gasteiger partial charge in [-0.2, -0.15) is 10.2 Å². The van der Waals surface area contributed by atoms with Crippen LogP contribution in [0.5, 0.6) is 23.0 Å². The number of fused-ring (bicyclic) bond motifs is 1. The molecule has 7 rings (SSSR count). The molecule has 2 saturated heterocycles. The van der Waals surface area contributed by atoms with E-state index < -0.39 is 0 Å². The minimum absolute atomic E-state index is 0.598. The molecule has 4 aromatic heterocycles. The Labute approximate surface area is 304 Å². The second-order valence-electron chi connectivity index (χ2n) is 13.6. The number of rotatable bonds is 17. The van der Waals surface area contributed by atoms with Gasteiger partial charge >= 0.3 is 0 Å². The second kappa shape index (κ2) is 16.5. The van der Waals surface area contributed by atoms with Crippen molar-refractivity contribution in [2.24, 2.45) is 13.0 Å². The predicted molar refractivity (Wildman–Crippen MR) is 202 cm³/mol. The number of anilines is 4. The molecule has 2 fully saturated rings. The van der Waals surface area contributed by atoms with Crippen LogP contribution in [-0.2, 0) is 7.05 Å².